The molecule has 2 aromatic rings. The van der Waals surface area contributed by atoms with Crippen molar-refractivity contribution in [2.45, 2.75) is 32.1 Å². The summed E-state index contributed by atoms with van der Waals surface area (Å²) in [5, 5.41) is 1.44. The molecule has 0 unspecified atom stereocenters. The van der Waals surface area contributed by atoms with Gasteiger partial charge in [-0.1, -0.05) is 42.3 Å². The Morgan fingerprint density at radius 3 is 2.52 bits per heavy atom. The Morgan fingerprint density at radius 2 is 1.86 bits per heavy atom. The number of rotatable bonds is 5. The molecule has 0 aliphatic carbocycles. The first-order chi connectivity index (χ1) is 10.1. The molecule has 0 amide bonds. The van der Waals surface area contributed by atoms with Crippen molar-refractivity contribution in [2.24, 2.45) is 0 Å². The summed E-state index contributed by atoms with van der Waals surface area (Å²) in [7, 11) is 0. The van der Waals surface area contributed by atoms with Crippen LogP contribution in [0.1, 0.15) is 25.0 Å². The Balaban J connectivity index is 2.37. The number of benzene rings is 2. The van der Waals surface area contributed by atoms with E-state index in [1.807, 2.05) is 18.2 Å². The molecule has 0 N–H and O–H groups in total. The molecule has 0 radical (unpaired) electrons. The average molecular weight is 340 g/mol. The van der Waals surface area contributed by atoms with Crippen LogP contribution in [0.25, 0.3) is 0 Å². The number of halogens is 2. The monoisotopic (exact) mass is 339 g/mol. The van der Waals surface area contributed by atoms with Gasteiger partial charge in [-0.25, -0.2) is 0 Å². The molecule has 0 aliphatic rings. The van der Waals surface area contributed by atoms with E-state index in [2.05, 4.69) is 43.3 Å². The van der Waals surface area contributed by atoms with Crippen LogP contribution in [-0.2, 0) is 6.42 Å². The highest BCUT2D eigenvalue weighted by Crippen LogP contribution is 2.37. The van der Waals surface area contributed by atoms with Gasteiger partial charge in [-0.2, -0.15) is 0 Å². The molecule has 0 atom stereocenters. The van der Waals surface area contributed by atoms with E-state index in [0.717, 1.165) is 22.9 Å². The summed E-state index contributed by atoms with van der Waals surface area (Å²) < 4.78 is 2.27. The maximum absolute atomic E-state index is 6.28. The second-order valence-corrected chi connectivity index (χ2v) is 6.69. The van der Waals surface area contributed by atoms with Crippen molar-refractivity contribution in [1.82, 2.24) is 0 Å². The Hall–Kier alpha value is -0.830. The topological polar surface area (TPSA) is 3.24 Å². The van der Waals surface area contributed by atoms with Crippen molar-refractivity contribution < 1.29 is 0 Å². The minimum absolute atomic E-state index is 0.706. The molecule has 1 nitrogen and oxygen atoms in total. The van der Waals surface area contributed by atoms with E-state index in [-0.39, 0.29) is 0 Å². The fourth-order valence-electron chi connectivity index (χ4n) is 2.33. The molecule has 0 aliphatic heterocycles. The molecule has 0 bridgehead atoms. The molecular formula is C17H19Cl2NS. The first kappa shape index (κ1) is 16.5. The van der Waals surface area contributed by atoms with Gasteiger partial charge < -0.3 is 4.31 Å². The summed E-state index contributed by atoms with van der Waals surface area (Å²) >= 11 is 14.0. The van der Waals surface area contributed by atoms with Crippen LogP contribution in [0.3, 0.4) is 0 Å². The Labute approximate surface area is 141 Å². The van der Waals surface area contributed by atoms with Gasteiger partial charge in [-0.05, 0) is 67.6 Å². The summed E-state index contributed by atoms with van der Waals surface area (Å²) in [5.74, 6) is 0. The normalized spacial score (nSPS) is 10.7. The van der Waals surface area contributed by atoms with Gasteiger partial charge in [0.15, 0.2) is 0 Å². The van der Waals surface area contributed by atoms with Crippen LogP contribution in [0.5, 0.6) is 0 Å². The second-order valence-electron chi connectivity index (χ2n) is 4.79. The van der Waals surface area contributed by atoms with Gasteiger partial charge in [0, 0.05) is 16.5 Å². The summed E-state index contributed by atoms with van der Waals surface area (Å²) in [6.45, 7) is 7.39. The van der Waals surface area contributed by atoms with Crippen molar-refractivity contribution in [3.8, 4) is 0 Å². The molecule has 21 heavy (non-hydrogen) atoms. The van der Waals surface area contributed by atoms with E-state index in [9.17, 15) is 0 Å². The third-order valence-corrected chi connectivity index (χ3v) is 5.28. The lowest BCUT2D eigenvalue weighted by atomic mass is 10.0. The van der Waals surface area contributed by atoms with Crippen LogP contribution in [0.2, 0.25) is 10.0 Å². The van der Waals surface area contributed by atoms with Crippen molar-refractivity contribution in [3.05, 3.63) is 57.6 Å². The number of aryl methyl sites for hydroxylation is 1. The fraction of sp³-hybridized carbons (Fsp3) is 0.294. The van der Waals surface area contributed by atoms with Gasteiger partial charge in [0.1, 0.15) is 0 Å². The van der Waals surface area contributed by atoms with Crippen LogP contribution >= 0.6 is 35.1 Å². The summed E-state index contributed by atoms with van der Waals surface area (Å²) in [6.07, 6.45) is 1.02. The summed E-state index contributed by atoms with van der Waals surface area (Å²) in [4.78, 5) is 0.981. The third-order valence-electron chi connectivity index (χ3n) is 3.40. The van der Waals surface area contributed by atoms with Crippen LogP contribution in [0.4, 0.5) is 5.69 Å². The number of hydrogen-bond donors (Lipinski definition) is 0. The molecule has 0 fully saturated rings. The van der Waals surface area contributed by atoms with Crippen LogP contribution in [-0.4, -0.2) is 6.54 Å². The summed E-state index contributed by atoms with van der Waals surface area (Å²) in [5.41, 5.74) is 3.96. The Morgan fingerprint density at radius 1 is 1.10 bits per heavy atom. The molecule has 2 aromatic carbocycles. The van der Waals surface area contributed by atoms with E-state index in [1.165, 1.54) is 16.8 Å². The molecule has 0 aromatic heterocycles. The number of nitrogens with zero attached hydrogens (tertiary/aromatic N) is 1. The van der Waals surface area contributed by atoms with E-state index >= 15 is 0 Å². The zero-order valence-electron chi connectivity index (χ0n) is 12.5. The lowest BCUT2D eigenvalue weighted by Crippen LogP contribution is -2.15. The van der Waals surface area contributed by atoms with E-state index in [1.54, 1.807) is 11.9 Å². The highest BCUT2D eigenvalue weighted by atomic mass is 35.5. The standard InChI is InChI=1S/C17H19Cl2NS/c1-4-14-12(3)7-6-8-16(14)20(5-2)21-17-11-13(18)9-10-15(17)19/h6-11H,4-5H2,1-3H3. The molecule has 112 valence electrons. The quantitative estimate of drug-likeness (QED) is 0.580. The Bertz CT molecular complexity index is 628. The zero-order chi connectivity index (χ0) is 15.4. The number of hydrogen-bond acceptors (Lipinski definition) is 2. The predicted octanol–water partition coefficient (Wildman–Crippen LogP) is 6.40. The van der Waals surface area contributed by atoms with Crippen molar-refractivity contribution in [1.29, 1.82) is 0 Å². The van der Waals surface area contributed by atoms with Crippen LogP contribution in [0, 0.1) is 6.92 Å². The van der Waals surface area contributed by atoms with Crippen LogP contribution < -0.4 is 4.31 Å². The van der Waals surface area contributed by atoms with E-state index in [0.29, 0.717) is 5.02 Å². The smallest absolute Gasteiger partial charge is 0.0560 e. The van der Waals surface area contributed by atoms with E-state index in [4.69, 9.17) is 23.2 Å². The first-order valence-electron chi connectivity index (χ1n) is 7.05. The minimum Gasteiger partial charge on any atom is -0.312 e. The van der Waals surface area contributed by atoms with Gasteiger partial charge in [0.2, 0.25) is 0 Å². The van der Waals surface area contributed by atoms with Crippen molar-refractivity contribution in [2.75, 3.05) is 10.8 Å². The molecule has 4 heteroatoms. The van der Waals surface area contributed by atoms with E-state index < -0.39 is 0 Å². The Kier molecular flexibility index (Phi) is 5.86. The fourth-order valence-corrected chi connectivity index (χ4v) is 3.76. The highest BCUT2D eigenvalue weighted by Gasteiger charge is 2.14. The third kappa shape index (κ3) is 3.88. The van der Waals surface area contributed by atoms with Gasteiger partial charge >= 0.3 is 0 Å². The lowest BCUT2D eigenvalue weighted by molar-refractivity contribution is 1.05. The minimum atomic E-state index is 0.706. The largest absolute Gasteiger partial charge is 0.312 e. The first-order valence-corrected chi connectivity index (χ1v) is 8.58. The van der Waals surface area contributed by atoms with Gasteiger partial charge in [-0.3, -0.25) is 0 Å². The molecule has 0 saturated heterocycles. The SMILES string of the molecule is CCc1c(C)cccc1N(CC)Sc1cc(Cl)ccc1Cl. The van der Waals surface area contributed by atoms with Crippen molar-refractivity contribution in [3.63, 3.8) is 0 Å². The highest BCUT2D eigenvalue weighted by molar-refractivity contribution is 8.00. The lowest BCUT2D eigenvalue weighted by Gasteiger charge is -2.25. The summed E-state index contributed by atoms with van der Waals surface area (Å²) in [6, 6.07) is 12.0. The van der Waals surface area contributed by atoms with Gasteiger partial charge in [0.05, 0.1) is 10.7 Å². The number of anilines is 1. The predicted molar refractivity (Wildman–Crippen MR) is 95.9 cm³/mol. The molecule has 0 saturated carbocycles. The molecule has 2 rings (SSSR count). The average Bonchev–Trinajstić information content (AvgIpc) is 2.48. The van der Waals surface area contributed by atoms with Crippen LogP contribution in [0.15, 0.2) is 41.3 Å². The van der Waals surface area contributed by atoms with Crippen molar-refractivity contribution >= 4 is 40.8 Å². The molecular weight excluding hydrogens is 321 g/mol. The molecule has 0 heterocycles. The maximum atomic E-state index is 6.28. The molecule has 0 spiro atoms. The zero-order valence-corrected chi connectivity index (χ0v) is 14.8. The maximum Gasteiger partial charge on any atom is 0.0560 e. The second kappa shape index (κ2) is 7.44. The van der Waals surface area contributed by atoms with Gasteiger partial charge in [-0.15, -0.1) is 0 Å². The van der Waals surface area contributed by atoms with Gasteiger partial charge in [0.25, 0.3) is 0 Å².